The Morgan fingerprint density at radius 3 is 2.37 bits per heavy atom. The molecule has 4 heteroatoms. The Bertz CT molecular complexity index is 582. The minimum atomic E-state index is -0.270. The summed E-state index contributed by atoms with van der Waals surface area (Å²) in [6.07, 6.45) is 0. The number of benzene rings is 1. The fraction of sp³-hybridized carbons (Fsp3) is 0.267. The van der Waals surface area contributed by atoms with Gasteiger partial charge in [0.25, 0.3) is 5.91 Å². The van der Waals surface area contributed by atoms with Crippen LogP contribution in [0, 0.1) is 13.8 Å². The molecule has 0 aliphatic rings. The van der Waals surface area contributed by atoms with E-state index in [1.165, 1.54) is 0 Å². The normalized spacial score (nSPS) is 12.2. The van der Waals surface area contributed by atoms with Crippen molar-refractivity contribution in [2.24, 2.45) is 0 Å². The van der Waals surface area contributed by atoms with Gasteiger partial charge >= 0.3 is 0 Å². The molecule has 2 rings (SSSR count). The van der Waals surface area contributed by atoms with Crippen LogP contribution in [-0.4, -0.2) is 5.91 Å². The quantitative estimate of drug-likeness (QED) is 0.842. The highest BCUT2D eigenvalue weighted by Crippen LogP contribution is 2.22. The molecule has 19 heavy (non-hydrogen) atoms. The van der Waals surface area contributed by atoms with E-state index < -0.39 is 0 Å². The van der Waals surface area contributed by atoms with Crippen molar-refractivity contribution >= 4 is 23.2 Å². The van der Waals surface area contributed by atoms with Gasteiger partial charge in [0.2, 0.25) is 0 Å². The van der Waals surface area contributed by atoms with E-state index >= 15 is 0 Å². The summed E-state index contributed by atoms with van der Waals surface area (Å²) in [7, 11) is 0. The third kappa shape index (κ3) is 3.38. The molecule has 100 valence electrons. The summed E-state index contributed by atoms with van der Waals surface area (Å²) >= 11 is 5.90. The lowest BCUT2D eigenvalue weighted by molar-refractivity contribution is 0.0995. The Morgan fingerprint density at radius 2 is 1.84 bits per heavy atom. The third-order valence-electron chi connectivity index (χ3n) is 2.72. The lowest BCUT2D eigenvalue weighted by Gasteiger charge is -2.06. The number of anilines is 1. The molecule has 0 aliphatic carbocycles. The van der Waals surface area contributed by atoms with E-state index in [0.717, 1.165) is 16.8 Å². The maximum atomic E-state index is 12.0. The fourth-order valence-corrected chi connectivity index (χ4v) is 2.05. The average molecular weight is 278 g/mol. The van der Waals surface area contributed by atoms with Crippen molar-refractivity contribution in [3.63, 3.8) is 0 Å². The minimum absolute atomic E-state index is 0.247. The van der Waals surface area contributed by atoms with E-state index in [2.05, 4.69) is 11.4 Å². The molecule has 1 N–H and O–H groups in total. The number of nitrogens with one attached hydrogen (secondary N) is 1. The van der Waals surface area contributed by atoms with E-state index in [1.54, 1.807) is 19.1 Å². The van der Waals surface area contributed by atoms with Crippen LogP contribution in [0.2, 0.25) is 0 Å². The maximum absolute atomic E-state index is 12.0. The lowest BCUT2D eigenvalue weighted by atomic mass is 10.1. The third-order valence-corrected chi connectivity index (χ3v) is 2.94. The van der Waals surface area contributed by atoms with Gasteiger partial charge in [-0.05, 0) is 56.2 Å². The highest BCUT2D eigenvalue weighted by Gasteiger charge is 2.14. The number of hydrogen-bond donors (Lipinski definition) is 1. The Kier molecular flexibility index (Phi) is 3.96. The molecule has 0 bridgehead atoms. The number of amides is 1. The highest BCUT2D eigenvalue weighted by molar-refractivity contribution is 6.20. The molecule has 1 heterocycles. The topological polar surface area (TPSA) is 42.2 Å². The number of hydrogen-bond acceptors (Lipinski definition) is 2. The molecule has 0 radical (unpaired) electrons. The highest BCUT2D eigenvalue weighted by atomic mass is 35.5. The SMILES string of the molecule is Cc1cc(C)cc(NC(=O)c2ccc(C(C)Cl)o2)c1. The second-order valence-electron chi connectivity index (χ2n) is 4.65. The molecule has 0 saturated heterocycles. The van der Waals surface area contributed by atoms with Crippen LogP contribution in [-0.2, 0) is 0 Å². The zero-order valence-corrected chi connectivity index (χ0v) is 11.9. The first-order valence-corrected chi connectivity index (χ1v) is 6.53. The molecule has 1 unspecified atom stereocenters. The molecule has 1 atom stereocenters. The van der Waals surface area contributed by atoms with Crippen molar-refractivity contribution in [1.82, 2.24) is 0 Å². The average Bonchev–Trinajstić information content (AvgIpc) is 2.76. The van der Waals surface area contributed by atoms with Crippen LogP contribution in [0.15, 0.2) is 34.7 Å². The van der Waals surface area contributed by atoms with Crippen LogP contribution in [0.4, 0.5) is 5.69 Å². The molecule has 1 aromatic carbocycles. The predicted molar refractivity (Wildman–Crippen MR) is 76.8 cm³/mol. The van der Waals surface area contributed by atoms with Crippen molar-refractivity contribution < 1.29 is 9.21 Å². The van der Waals surface area contributed by atoms with E-state index in [4.69, 9.17) is 16.0 Å². The summed E-state index contributed by atoms with van der Waals surface area (Å²) in [5.74, 6) is 0.586. The maximum Gasteiger partial charge on any atom is 0.291 e. The standard InChI is InChI=1S/C15H16ClNO2/c1-9-6-10(2)8-12(7-9)17-15(18)14-5-4-13(19-14)11(3)16/h4-8,11H,1-3H3,(H,17,18). The molecule has 2 aromatic rings. The number of carbonyl (C=O) groups excluding carboxylic acids is 1. The summed E-state index contributed by atoms with van der Waals surface area (Å²) in [6.45, 7) is 5.78. The number of aryl methyl sites for hydroxylation is 2. The van der Waals surface area contributed by atoms with Crippen LogP contribution in [0.3, 0.4) is 0 Å². The van der Waals surface area contributed by atoms with E-state index in [9.17, 15) is 4.79 Å². The van der Waals surface area contributed by atoms with Crippen LogP contribution in [0.25, 0.3) is 0 Å². The predicted octanol–water partition coefficient (Wildman–Crippen LogP) is 4.45. The fourth-order valence-electron chi connectivity index (χ4n) is 1.93. The van der Waals surface area contributed by atoms with Gasteiger partial charge < -0.3 is 9.73 Å². The van der Waals surface area contributed by atoms with Gasteiger partial charge in [-0.15, -0.1) is 11.6 Å². The summed E-state index contributed by atoms with van der Waals surface area (Å²) in [4.78, 5) is 12.0. The molecule has 1 amide bonds. The molecule has 0 spiro atoms. The second-order valence-corrected chi connectivity index (χ2v) is 5.30. The zero-order valence-electron chi connectivity index (χ0n) is 11.2. The van der Waals surface area contributed by atoms with Crippen molar-refractivity contribution in [2.45, 2.75) is 26.1 Å². The number of carbonyl (C=O) groups is 1. The number of rotatable bonds is 3. The smallest absolute Gasteiger partial charge is 0.291 e. The Balaban J connectivity index is 2.15. The van der Waals surface area contributed by atoms with Crippen LogP contribution >= 0.6 is 11.6 Å². The van der Waals surface area contributed by atoms with Gasteiger partial charge in [0.05, 0.1) is 5.38 Å². The Labute approximate surface area is 117 Å². The van der Waals surface area contributed by atoms with Crippen LogP contribution in [0.5, 0.6) is 0 Å². The van der Waals surface area contributed by atoms with Gasteiger partial charge in [0, 0.05) is 5.69 Å². The van der Waals surface area contributed by atoms with Crippen molar-refractivity contribution in [2.75, 3.05) is 5.32 Å². The van der Waals surface area contributed by atoms with Gasteiger partial charge in [0.15, 0.2) is 5.76 Å². The van der Waals surface area contributed by atoms with Crippen LogP contribution < -0.4 is 5.32 Å². The monoisotopic (exact) mass is 277 g/mol. The molecule has 0 saturated carbocycles. The summed E-state index contributed by atoms with van der Waals surface area (Å²) in [5.41, 5.74) is 2.97. The van der Waals surface area contributed by atoms with E-state index in [1.807, 2.05) is 26.0 Å². The summed E-state index contributed by atoms with van der Waals surface area (Å²) in [5, 5.41) is 2.57. The van der Waals surface area contributed by atoms with E-state index in [-0.39, 0.29) is 17.0 Å². The van der Waals surface area contributed by atoms with Gasteiger partial charge in [-0.2, -0.15) is 0 Å². The van der Waals surface area contributed by atoms with Crippen LogP contribution in [0.1, 0.15) is 39.7 Å². The van der Waals surface area contributed by atoms with Crippen molar-refractivity contribution in [3.8, 4) is 0 Å². The summed E-state index contributed by atoms with van der Waals surface area (Å²) < 4.78 is 5.40. The molecule has 0 aliphatic heterocycles. The van der Waals surface area contributed by atoms with Crippen molar-refractivity contribution in [3.05, 3.63) is 53.0 Å². The molecule has 1 aromatic heterocycles. The largest absolute Gasteiger partial charge is 0.454 e. The second kappa shape index (κ2) is 5.49. The molecule has 0 fully saturated rings. The summed E-state index contributed by atoms with van der Waals surface area (Å²) in [6, 6.07) is 9.23. The molecular weight excluding hydrogens is 262 g/mol. The van der Waals surface area contributed by atoms with Gasteiger partial charge in [-0.3, -0.25) is 4.79 Å². The van der Waals surface area contributed by atoms with E-state index in [0.29, 0.717) is 5.76 Å². The van der Waals surface area contributed by atoms with Crippen molar-refractivity contribution in [1.29, 1.82) is 0 Å². The number of halogens is 1. The molecular formula is C15H16ClNO2. The Hall–Kier alpha value is -1.74. The first-order chi connectivity index (χ1) is 8.95. The van der Waals surface area contributed by atoms with Gasteiger partial charge in [-0.1, -0.05) is 6.07 Å². The first-order valence-electron chi connectivity index (χ1n) is 6.09. The molecule has 3 nitrogen and oxygen atoms in total. The Morgan fingerprint density at radius 1 is 1.21 bits per heavy atom. The number of alkyl halides is 1. The van der Waals surface area contributed by atoms with Gasteiger partial charge in [0.1, 0.15) is 5.76 Å². The number of furan rings is 1. The first kappa shape index (κ1) is 13.7. The minimum Gasteiger partial charge on any atom is -0.454 e. The zero-order chi connectivity index (χ0) is 14.0. The lowest BCUT2D eigenvalue weighted by Crippen LogP contribution is -2.11. The van der Waals surface area contributed by atoms with Gasteiger partial charge in [-0.25, -0.2) is 0 Å².